The van der Waals surface area contributed by atoms with Crippen LogP contribution in [-0.4, -0.2) is 34.4 Å². The summed E-state index contributed by atoms with van der Waals surface area (Å²) in [6.45, 7) is 2.85. The molecule has 1 fully saturated rings. The Morgan fingerprint density at radius 1 is 0.853 bits per heavy atom. The SMILES string of the molecule is CC1C(CSCCO)OC(c2ccc(-c3cccc(CN)c3)cc2)OC1c1ccc(CO)cc1. The predicted octanol–water partition coefficient (Wildman–Crippen LogP) is 4.82. The van der Waals surface area contributed by atoms with Gasteiger partial charge in [-0.1, -0.05) is 73.7 Å². The van der Waals surface area contributed by atoms with Gasteiger partial charge in [0.2, 0.25) is 0 Å². The molecule has 1 aliphatic rings. The Kier molecular flexibility index (Phi) is 8.78. The average molecular weight is 480 g/mol. The van der Waals surface area contributed by atoms with Crippen LogP contribution in [0.15, 0.2) is 72.8 Å². The van der Waals surface area contributed by atoms with Gasteiger partial charge in [-0.2, -0.15) is 11.8 Å². The molecule has 1 saturated heterocycles. The van der Waals surface area contributed by atoms with Gasteiger partial charge >= 0.3 is 0 Å². The van der Waals surface area contributed by atoms with E-state index in [9.17, 15) is 10.2 Å². The first kappa shape index (κ1) is 24.9. The van der Waals surface area contributed by atoms with Gasteiger partial charge in [0.15, 0.2) is 6.29 Å². The van der Waals surface area contributed by atoms with E-state index in [1.54, 1.807) is 11.8 Å². The van der Waals surface area contributed by atoms with Crippen molar-refractivity contribution in [3.05, 3.63) is 95.1 Å². The summed E-state index contributed by atoms with van der Waals surface area (Å²) >= 11 is 1.69. The highest BCUT2D eigenvalue weighted by molar-refractivity contribution is 7.99. The summed E-state index contributed by atoms with van der Waals surface area (Å²) in [6.07, 6.45) is -0.631. The molecule has 0 bridgehead atoms. The Morgan fingerprint density at radius 3 is 2.26 bits per heavy atom. The maximum Gasteiger partial charge on any atom is 0.184 e. The van der Waals surface area contributed by atoms with E-state index in [0.29, 0.717) is 12.3 Å². The molecule has 6 heteroatoms. The van der Waals surface area contributed by atoms with E-state index >= 15 is 0 Å². The van der Waals surface area contributed by atoms with Crippen LogP contribution in [0.5, 0.6) is 0 Å². The van der Waals surface area contributed by atoms with Crippen molar-refractivity contribution in [2.45, 2.75) is 38.6 Å². The van der Waals surface area contributed by atoms with Crippen molar-refractivity contribution in [3.63, 3.8) is 0 Å². The van der Waals surface area contributed by atoms with Crippen LogP contribution in [0, 0.1) is 5.92 Å². The molecule has 4 unspecified atom stereocenters. The molecule has 0 aliphatic carbocycles. The molecular weight excluding hydrogens is 446 g/mol. The number of hydrogen-bond acceptors (Lipinski definition) is 6. The van der Waals surface area contributed by atoms with E-state index in [-0.39, 0.29) is 31.3 Å². The summed E-state index contributed by atoms with van der Waals surface area (Å²) in [5.41, 5.74) is 12.1. The second-order valence-corrected chi connectivity index (χ2v) is 9.80. The Bertz CT molecular complexity index is 1040. The lowest BCUT2D eigenvalue weighted by Crippen LogP contribution is -2.38. The van der Waals surface area contributed by atoms with Crippen LogP contribution < -0.4 is 5.73 Å². The fraction of sp³-hybridized carbons (Fsp3) is 0.357. The topological polar surface area (TPSA) is 84.9 Å². The largest absolute Gasteiger partial charge is 0.396 e. The van der Waals surface area contributed by atoms with Gasteiger partial charge in [0.1, 0.15) is 0 Å². The Hall–Kier alpha value is -2.19. The van der Waals surface area contributed by atoms with Crippen molar-refractivity contribution >= 4 is 11.8 Å². The molecule has 4 N–H and O–H groups in total. The fourth-order valence-electron chi connectivity index (χ4n) is 4.28. The number of aliphatic hydroxyl groups is 2. The molecule has 0 spiro atoms. The van der Waals surface area contributed by atoms with E-state index in [1.165, 1.54) is 0 Å². The van der Waals surface area contributed by atoms with Crippen LogP contribution in [0.3, 0.4) is 0 Å². The quantitative estimate of drug-likeness (QED) is 0.382. The van der Waals surface area contributed by atoms with Crippen LogP contribution >= 0.6 is 11.8 Å². The van der Waals surface area contributed by atoms with Crippen molar-refractivity contribution in [1.82, 2.24) is 0 Å². The molecular formula is C28H33NO4S. The molecule has 3 aromatic carbocycles. The number of nitrogens with two attached hydrogens (primary N) is 1. The monoisotopic (exact) mass is 479 g/mol. The normalized spacial score (nSPS) is 22.6. The molecule has 4 atom stereocenters. The molecule has 0 amide bonds. The third-order valence-corrected chi connectivity index (χ3v) is 7.36. The predicted molar refractivity (Wildman–Crippen MR) is 137 cm³/mol. The lowest BCUT2D eigenvalue weighted by molar-refractivity contribution is -0.268. The third-order valence-electron chi connectivity index (χ3n) is 6.32. The number of ether oxygens (including phenoxy) is 2. The first-order valence-corrected chi connectivity index (χ1v) is 12.9. The van der Waals surface area contributed by atoms with Crippen LogP contribution in [0.2, 0.25) is 0 Å². The van der Waals surface area contributed by atoms with E-state index in [1.807, 2.05) is 36.4 Å². The van der Waals surface area contributed by atoms with Crippen LogP contribution in [0.25, 0.3) is 11.1 Å². The molecule has 0 saturated carbocycles. The van der Waals surface area contributed by atoms with E-state index < -0.39 is 6.29 Å². The molecule has 0 aromatic heterocycles. The number of aliphatic hydroxyl groups excluding tert-OH is 2. The second-order valence-electron chi connectivity index (χ2n) is 8.65. The summed E-state index contributed by atoms with van der Waals surface area (Å²) < 4.78 is 12.9. The molecule has 1 aliphatic heterocycles. The number of thioether (sulfide) groups is 1. The lowest BCUT2D eigenvalue weighted by atomic mass is 9.91. The van der Waals surface area contributed by atoms with E-state index in [2.05, 4.69) is 43.3 Å². The highest BCUT2D eigenvalue weighted by atomic mass is 32.2. The number of hydrogen-bond donors (Lipinski definition) is 3. The Labute approximate surface area is 205 Å². The first-order valence-electron chi connectivity index (χ1n) is 11.7. The minimum Gasteiger partial charge on any atom is -0.396 e. The zero-order valence-electron chi connectivity index (χ0n) is 19.5. The smallest absolute Gasteiger partial charge is 0.184 e. The number of benzene rings is 3. The van der Waals surface area contributed by atoms with Crippen LogP contribution in [-0.2, 0) is 22.6 Å². The lowest BCUT2D eigenvalue weighted by Gasteiger charge is -2.41. The standard InChI is InChI=1S/C28H33NO4S/c1-19-26(18-34-14-13-30)32-28(33-27(19)23-7-5-20(17-31)6-8-23)24-11-9-22(10-12-24)25-4-2-3-21(15-25)16-29/h2-12,15,19,26-28,30-31H,13-14,16-18,29H2,1H3. The summed E-state index contributed by atoms with van der Waals surface area (Å²) in [6, 6.07) is 24.5. The fourth-order valence-corrected chi connectivity index (χ4v) is 5.19. The molecule has 180 valence electrons. The Balaban J connectivity index is 1.57. The maximum absolute atomic E-state index is 9.40. The van der Waals surface area contributed by atoms with Gasteiger partial charge in [-0.15, -0.1) is 0 Å². The second kappa shape index (κ2) is 12.0. The number of rotatable bonds is 9. The minimum atomic E-state index is -0.483. The van der Waals surface area contributed by atoms with E-state index in [0.717, 1.165) is 39.1 Å². The molecule has 1 heterocycles. The Morgan fingerprint density at radius 2 is 1.59 bits per heavy atom. The zero-order chi connectivity index (χ0) is 23.9. The van der Waals surface area contributed by atoms with E-state index in [4.69, 9.17) is 15.2 Å². The van der Waals surface area contributed by atoms with Crippen molar-refractivity contribution in [3.8, 4) is 11.1 Å². The molecule has 34 heavy (non-hydrogen) atoms. The first-order chi connectivity index (χ1) is 16.6. The van der Waals surface area contributed by atoms with Gasteiger partial charge in [-0.05, 0) is 33.9 Å². The molecule has 3 aromatic rings. The van der Waals surface area contributed by atoms with Gasteiger partial charge in [-0.25, -0.2) is 0 Å². The van der Waals surface area contributed by atoms with Gasteiger partial charge in [-0.3, -0.25) is 0 Å². The molecule has 0 radical (unpaired) electrons. The highest BCUT2D eigenvalue weighted by Crippen LogP contribution is 2.42. The van der Waals surface area contributed by atoms with Crippen molar-refractivity contribution < 1.29 is 19.7 Å². The summed E-state index contributed by atoms with van der Waals surface area (Å²) in [7, 11) is 0. The van der Waals surface area contributed by atoms with Crippen LogP contribution in [0.4, 0.5) is 0 Å². The summed E-state index contributed by atoms with van der Waals surface area (Å²) in [5.74, 6) is 1.61. The highest BCUT2D eigenvalue weighted by Gasteiger charge is 2.38. The van der Waals surface area contributed by atoms with Crippen LogP contribution in [0.1, 0.15) is 41.6 Å². The minimum absolute atomic E-state index is 0.0151. The van der Waals surface area contributed by atoms with Crippen molar-refractivity contribution in [1.29, 1.82) is 0 Å². The summed E-state index contributed by atoms with van der Waals surface area (Å²) in [4.78, 5) is 0. The maximum atomic E-state index is 9.40. The van der Waals surface area contributed by atoms with Crippen molar-refractivity contribution in [2.75, 3.05) is 18.1 Å². The van der Waals surface area contributed by atoms with Gasteiger partial charge in [0, 0.05) is 29.5 Å². The molecule has 4 rings (SSSR count). The summed E-state index contributed by atoms with van der Waals surface area (Å²) in [5, 5.41) is 18.6. The zero-order valence-corrected chi connectivity index (χ0v) is 20.3. The average Bonchev–Trinajstić information content (AvgIpc) is 2.90. The van der Waals surface area contributed by atoms with Gasteiger partial charge < -0.3 is 25.4 Å². The molecule has 5 nitrogen and oxygen atoms in total. The third kappa shape index (κ3) is 5.89. The van der Waals surface area contributed by atoms with Gasteiger partial charge in [0.25, 0.3) is 0 Å². The van der Waals surface area contributed by atoms with Crippen molar-refractivity contribution in [2.24, 2.45) is 11.7 Å². The van der Waals surface area contributed by atoms with Gasteiger partial charge in [0.05, 0.1) is 25.4 Å².